The van der Waals surface area contributed by atoms with Crippen LogP contribution in [0.3, 0.4) is 0 Å². The van der Waals surface area contributed by atoms with Crippen molar-refractivity contribution in [1.29, 1.82) is 0 Å². The van der Waals surface area contributed by atoms with Crippen molar-refractivity contribution < 1.29 is 14.3 Å². The molecule has 3 N–H and O–H groups in total. The Labute approximate surface area is 115 Å². The van der Waals surface area contributed by atoms with E-state index in [9.17, 15) is 14.3 Å². The van der Waals surface area contributed by atoms with E-state index in [1.54, 1.807) is 23.9 Å². The van der Waals surface area contributed by atoms with Crippen molar-refractivity contribution in [3.05, 3.63) is 29.6 Å². The Bertz CT molecular complexity index is 476. The molecular formula is C13H17FN2O2S. The topological polar surface area (TPSA) is 61.4 Å². The molecule has 1 saturated heterocycles. The van der Waals surface area contributed by atoms with Gasteiger partial charge in [-0.3, -0.25) is 0 Å². The van der Waals surface area contributed by atoms with E-state index in [4.69, 9.17) is 0 Å². The Morgan fingerprint density at radius 2 is 2.37 bits per heavy atom. The highest BCUT2D eigenvalue weighted by molar-refractivity contribution is 7.99. The van der Waals surface area contributed by atoms with E-state index < -0.39 is 17.4 Å². The quantitative estimate of drug-likeness (QED) is 0.797. The molecule has 1 atom stereocenters. The number of aliphatic hydroxyl groups is 1. The Hall–Kier alpha value is -1.27. The molecule has 104 valence electrons. The number of rotatable bonds is 3. The van der Waals surface area contributed by atoms with E-state index in [0.29, 0.717) is 12.2 Å². The predicted octanol–water partition coefficient (Wildman–Crippen LogP) is 2.12. The molecule has 19 heavy (non-hydrogen) atoms. The molecule has 0 bridgehead atoms. The number of urea groups is 1. The molecule has 4 nitrogen and oxygen atoms in total. The van der Waals surface area contributed by atoms with Crippen LogP contribution >= 0.6 is 11.8 Å². The van der Waals surface area contributed by atoms with Crippen molar-refractivity contribution in [2.75, 3.05) is 23.4 Å². The van der Waals surface area contributed by atoms with Gasteiger partial charge in [0, 0.05) is 12.3 Å². The van der Waals surface area contributed by atoms with Crippen LogP contribution in [-0.2, 0) is 0 Å². The van der Waals surface area contributed by atoms with Gasteiger partial charge in [0.1, 0.15) is 5.82 Å². The number of hydrogen-bond donors (Lipinski definition) is 3. The first-order valence-electron chi connectivity index (χ1n) is 6.10. The fourth-order valence-corrected chi connectivity index (χ4v) is 3.18. The van der Waals surface area contributed by atoms with E-state index in [2.05, 4.69) is 10.6 Å². The zero-order valence-electron chi connectivity index (χ0n) is 10.7. The molecule has 6 heteroatoms. The molecule has 1 fully saturated rings. The van der Waals surface area contributed by atoms with Gasteiger partial charge in [-0.25, -0.2) is 9.18 Å². The average Bonchev–Trinajstić information content (AvgIpc) is 2.79. The van der Waals surface area contributed by atoms with Crippen molar-refractivity contribution >= 4 is 23.5 Å². The minimum atomic E-state index is -0.840. The fraction of sp³-hybridized carbons (Fsp3) is 0.462. The van der Waals surface area contributed by atoms with Crippen molar-refractivity contribution in [2.45, 2.75) is 18.9 Å². The molecule has 1 aromatic rings. The van der Waals surface area contributed by atoms with E-state index in [1.165, 1.54) is 6.07 Å². The summed E-state index contributed by atoms with van der Waals surface area (Å²) >= 11 is 1.66. The second kappa shape index (κ2) is 5.79. The van der Waals surface area contributed by atoms with Gasteiger partial charge >= 0.3 is 6.03 Å². The van der Waals surface area contributed by atoms with Crippen LogP contribution in [0.5, 0.6) is 0 Å². The number of amides is 2. The van der Waals surface area contributed by atoms with Gasteiger partial charge in [-0.1, -0.05) is 6.07 Å². The van der Waals surface area contributed by atoms with Gasteiger partial charge in [-0.2, -0.15) is 11.8 Å². The molecular weight excluding hydrogens is 267 g/mol. The summed E-state index contributed by atoms with van der Waals surface area (Å²) in [6.45, 7) is 2.00. The average molecular weight is 284 g/mol. The Morgan fingerprint density at radius 1 is 1.58 bits per heavy atom. The number of nitrogens with one attached hydrogen (secondary N) is 2. The maximum Gasteiger partial charge on any atom is 0.319 e. The van der Waals surface area contributed by atoms with Gasteiger partial charge < -0.3 is 15.7 Å². The molecule has 2 rings (SSSR count). The van der Waals surface area contributed by atoms with Gasteiger partial charge in [0.25, 0.3) is 0 Å². The van der Waals surface area contributed by atoms with Crippen molar-refractivity contribution in [3.63, 3.8) is 0 Å². The first-order chi connectivity index (χ1) is 8.98. The first-order valence-corrected chi connectivity index (χ1v) is 7.25. The number of halogens is 1. The summed E-state index contributed by atoms with van der Waals surface area (Å²) in [4.78, 5) is 11.7. The van der Waals surface area contributed by atoms with Crippen LogP contribution in [-0.4, -0.2) is 34.8 Å². The van der Waals surface area contributed by atoms with E-state index in [0.717, 1.165) is 11.3 Å². The number of benzene rings is 1. The van der Waals surface area contributed by atoms with Crippen molar-refractivity contribution in [1.82, 2.24) is 5.32 Å². The molecule has 0 radical (unpaired) electrons. The lowest BCUT2D eigenvalue weighted by Gasteiger charge is -2.21. The SMILES string of the molecule is Cc1ccc(F)c(NC(=O)NCC2(O)CCSC2)c1. The maximum atomic E-state index is 13.5. The molecule has 1 unspecified atom stereocenters. The Morgan fingerprint density at radius 3 is 3.05 bits per heavy atom. The third-order valence-electron chi connectivity index (χ3n) is 3.03. The first kappa shape index (κ1) is 14.1. The smallest absolute Gasteiger partial charge is 0.319 e. The molecule has 0 saturated carbocycles. The van der Waals surface area contributed by atoms with Gasteiger partial charge in [0.2, 0.25) is 0 Å². The highest BCUT2D eigenvalue weighted by atomic mass is 32.2. The molecule has 1 aromatic carbocycles. The zero-order chi connectivity index (χ0) is 13.9. The second-order valence-electron chi connectivity index (χ2n) is 4.82. The third kappa shape index (κ3) is 3.84. The van der Waals surface area contributed by atoms with Gasteiger partial charge in [0.15, 0.2) is 0 Å². The van der Waals surface area contributed by atoms with Crippen LogP contribution in [0.4, 0.5) is 14.9 Å². The summed E-state index contributed by atoms with van der Waals surface area (Å²) in [5.41, 5.74) is 0.167. The maximum absolute atomic E-state index is 13.5. The fourth-order valence-electron chi connectivity index (χ4n) is 1.88. The second-order valence-corrected chi connectivity index (χ2v) is 5.92. The van der Waals surface area contributed by atoms with Crippen LogP contribution in [0.25, 0.3) is 0 Å². The van der Waals surface area contributed by atoms with Crippen LogP contribution in [0.15, 0.2) is 18.2 Å². The number of anilines is 1. The highest BCUT2D eigenvalue weighted by Gasteiger charge is 2.31. The summed E-state index contributed by atoms with van der Waals surface area (Å²) in [5, 5.41) is 15.1. The number of hydrogen-bond acceptors (Lipinski definition) is 3. The standard InChI is InChI=1S/C13H17FN2O2S/c1-9-2-3-10(14)11(6-9)16-12(17)15-7-13(18)4-5-19-8-13/h2-3,6,18H,4-5,7-8H2,1H3,(H2,15,16,17). The molecule has 1 heterocycles. The summed E-state index contributed by atoms with van der Waals surface area (Å²) in [7, 11) is 0. The largest absolute Gasteiger partial charge is 0.387 e. The summed E-state index contributed by atoms with van der Waals surface area (Å²) in [5.74, 6) is 1.04. The van der Waals surface area contributed by atoms with Crippen LogP contribution in [0.1, 0.15) is 12.0 Å². The van der Waals surface area contributed by atoms with Gasteiger partial charge in [-0.05, 0) is 36.8 Å². The number of carbonyl (C=O) groups excluding carboxylic acids is 1. The third-order valence-corrected chi connectivity index (χ3v) is 4.26. The van der Waals surface area contributed by atoms with Gasteiger partial charge in [-0.15, -0.1) is 0 Å². The van der Waals surface area contributed by atoms with Crippen LogP contribution in [0, 0.1) is 12.7 Å². The Balaban J connectivity index is 1.89. The zero-order valence-corrected chi connectivity index (χ0v) is 11.5. The summed E-state index contributed by atoms with van der Waals surface area (Å²) in [6.07, 6.45) is 0.663. The Kier molecular flexibility index (Phi) is 4.31. The van der Waals surface area contributed by atoms with E-state index in [-0.39, 0.29) is 12.2 Å². The van der Waals surface area contributed by atoms with Gasteiger partial charge in [0.05, 0.1) is 11.3 Å². The highest BCUT2D eigenvalue weighted by Crippen LogP contribution is 2.27. The normalized spacial score (nSPS) is 22.3. The lowest BCUT2D eigenvalue weighted by Crippen LogP contribution is -2.44. The molecule has 0 spiro atoms. The monoisotopic (exact) mass is 284 g/mol. The van der Waals surface area contributed by atoms with Crippen LogP contribution < -0.4 is 10.6 Å². The van der Waals surface area contributed by atoms with E-state index >= 15 is 0 Å². The lowest BCUT2D eigenvalue weighted by atomic mass is 10.0. The minimum Gasteiger partial charge on any atom is -0.387 e. The van der Waals surface area contributed by atoms with Crippen molar-refractivity contribution in [2.24, 2.45) is 0 Å². The summed E-state index contributed by atoms with van der Waals surface area (Å²) < 4.78 is 13.5. The molecule has 1 aliphatic rings. The van der Waals surface area contributed by atoms with Crippen molar-refractivity contribution in [3.8, 4) is 0 Å². The molecule has 0 aliphatic carbocycles. The molecule has 2 amide bonds. The van der Waals surface area contributed by atoms with Crippen LogP contribution in [0.2, 0.25) is 0 Å². The molecule has 1 aliphatic heterocycles. The predicted molar refractivity (Wildman–Crippen MR) is 75.1 cm³/mol. The minimum absolute atomic E-state index is 0.144. The van der Waals surface area contributed by atoms with E-state index in [1.807, 2.05) is 6.92 Å². The number of thioether (sulfide) groups is 1. The lowest BCUT2D eigenvalue weighted by molar-refractivity contribution is 0.0706. The summed E-state index contributed by atoms with van der Waals surface area (Å²) in [6, 6.07) is 4.01. The number of aryl methyl sites for hydroxylation is 1. The molecule has 0 aromatic heterocycles. The number of carbonyl (C=O) groups is 1.